The van der Waals surface area contributed by atoms with E-state index in [-0.39, 0.29) is 12.1 Å². The fourth-order valence-corrected chi connectivity index (χ4v) is 1.96. The predicted octanol–water partition coefficient (Wildman–Crippen LogP) is 1.98. The average molecular weight is 257 g/mol. The van der Waals surface area contributed by atoms with Gasteiger partial charge in [0, 0.05) is 18.7 Å². The van der Waals surface area contributed by atoms with Gasteiger partial charge in [-0.1, -0.05) is 13.0 Å². The normalized spacial score (nSPS) is 15.0. The maximum absolute atomic E-state index is 11.1. The van der Waals surface area contributed by atoms with Crippen LogP contribution in [0, 0.1) is 0 Å². The molecule has 0 heterocycles. The van der Waals surface area contributed by atoms with Gasteiger partial charge in [-0.15, -0.1) is 0 Å². The average Bonchev–Trinajstić information content (AvgIpc) is 2.28. The van der Waals surface area contributed by atoms with E-state index in [0.29, 0.717) is 12.6 Å². The van der Waals surface area contributed by atoms with Gasteiger partial charge in [0.15, 0.2) is 0 Å². The maximum Gasteiger partial charge on any atom is 0.330 e. The van der Waals surface area contributed by atoms with Crippen LogP contribution in [-0.2, 0) is 9.53 Å². The van der Waals surface area contributed by atoms with Crippen molar-refractivity contribution in [2.24, 2.45) is 0 Å². The van der Waals surface area contributed by atoms with E-state index in [9.17, 15) is 9.90 Å². The van der Waals surface area contributed by atoms with Crippen LogP contribution in [-0.4, -0.2) is 47.8 Å². The molecular formula is C14H27NO3. The minimum Gasteiger partial charge on any atom is -0.462 e. The van der Waals surface area contributed by atoms with E-state index in [1.807, 2.05) is 6.92 Å². The van der Waals surface area contributed by atoms with Crippen molar-refractivity contribution in [1.29, 1.82) is 0 Å². The van der Waals surface area contributed by atoms with Gasteiger partial charge in [-0.05, 0) is 40.2 Å². The van der Waals surface area contributed by atoms with Crippen molar-refractivity contribution in [2.45, 2.75) is 52.7 Å². The second-order valence-electron chi connectivity index (χ2n) is 4.58. The molecule has 18 heavy (non-hydrogen) atoms. The molecule has 0 aromatic rings. The highest BCUT2D eigenvalue weighted by Gasteiger charge is 2.13. The summed E-state index contributed by atoms with van der Waals surface area (Å²) in [5, 5.41) is 9.37. The number of hydrogen-bond acceptors (Lipinski definition) is 4. The van der Waals surface area contributed by atoms with E-state index in [0.717, 1.165) is 25.9 Å². The lowest BCUT2D eigenvalue weighted by Gasteiger charge is -2.28. The lowest BCUT2D eigenvalue weighted by molar-refractivity contribution is -0.137. The molecule has 4 nitrogen and oxygen atoms in total. The summed E-state index contributed by atoms with van der Waals surface area (Å²) in [4.78, 5) is 13.4. The van der Waals surface area contributed by atoms with Crippen LogP contribution in [0.15, 0.2) is 12.2 Å². The summed E-state index contributed by atoms with van der Waals surface area (Å²) in [7, 11) is 0. The molecule has 1 N–H and O–H groups in total. The highest BCUT2D eigenvalue weighted by Crippen LogP contribution is 2.07. The number of aliphatic hydroxyl groups excluding tert-OH is 1. The minimum absolute atomic E-state index is 0.276. The van der Waals surface area contributed by atoms with Gasteiger partial charge in [-0.3, -0.25) is 0 Å². The van der Waals surface area contributed by atoms with Gasteiger partial charge in [0.05, 0.1) is 12.7 Å². The number of carbonyl (C=O) groups excluding carboxylic acids is 1. The molecule has 0 aromatic heterocycles. The molecule has 0 fully saturated rings. The van der Waals surface area contributed by atoms with Gasteiger partial charge in [-0.2, -0.15) is 0 Å². The predicted molar refractivity (Wildman–Crippen MR) is 73.4 cm³/mol. The SMILES string of the molecule is CC=CC(=O)OCCCN(CC)C(C)CC(C)O. The number of allylic oxidation sites excluding steroid dienone is 1. The lowest BCUT2D eigenvalue weighted by atomic mass is 10.1. The molecule has 0 amide bonds. The number of rotatable bonds is 9. The largest absolute Gasteiger partial charge is 0.462 e. The van der Waals surface area contributed by atoms with E-state index in [2.05, 4.69) is 18.7 Å². The number of aliphatic hydroxyl groups is 1. The zero-order valence-corrected chi connectivity index (χ0v) is 12.1. The Morgan fingerprint density at radius 1 is 1.44 bits per heavy atom. The van der Waals surface area contributed by atoms with E-state index in [1.165, 1.54) is 6.08 Å². The molecule has 0 rings (SSSR count). The maximum atomic E-state index is 11.1. The third kappa shape index (κ3) is 8.25. The number of nitrogens with zero attached hydrogens (tertiary/aromatic N) is 1. The van der Waals surface area contributed by atoms with E-state index < -0.39 is 0 Å². The molecule has 0 saturated carbocycles. The van der Waals surface area contributed by atoms with Crippen molar-refractivity contribution >= 4 is 5.97 Å². The summed E-state index contributed by atoms with van der Waals surface area (Å²) in [5.41, 5.74) is 0. The molecule has 0 saturated heterocycles. The van der Waals surface area contributed by atoms with Crippen LogP contribution in [0.4, 0.5) is 0 Å². The lowest BCUT2D eigenvalue weighted by Crippen LogP contribution is -2.36. The smallest absolute Gasteiger partial charge is 0.330 e. The summed E-state index contributed by atoms with van der Waals surface area (Å²) in [6, 6.07) is 0.348. The summed E-state index contributed by atoms with van der Waals surface area (Å²) in [5.74, 6) is -0.280. The van der Waals surface area contributed by atoms with Crippen molar-refractivity contribution in [3.05, 3.63) is 12.2 Å². The molecule has 0 aliphatic rings. The van der Waals surface area contributed by atoms with Crippen molar-refractivity contribution in [3.63, 3.8) is 0 Å². The fraction of sp³-hybridized carbons (Fsp3) is 0.786. The first-order valence-electron chi connectivity index (χ1n) is 6.72. The minimum atomic E-state index is -0.280. The van der Waals surface area contributed by atoms with Crippen LogP contribution in [0.1, 0.15) is 40.5 Å². The van der Waals surface area contributed by atoms with E-state index in [4.69, 9.17) is 4.74 Å². The van der Waals surface area contributed by atoms with Crippen LogP contribution < -0.4 is 0 Å². The van der Waals surface area contributed by atoms with Crippen molar-refractivity contribution < 1.29 is 14.6 Å². The molecule has 0 aromatic carbocycles. The molecule has 0 radical (unpaired) electrons. The second kappa shape index (κ2) is 10.1. The van der Waals surface area contributed by atoms with Crippen LogP contribution in [0.5, 0.6) is 0 Å². The van der Waals surface area contributed by atoms with Crippen molar-refractivity contribution in [3.8, 4) is 0 Å². The van der Waals surface area contributed by atoms with E-state index >= 15 is 0 Å². The molecule has 0 aliphatic heterocycles. The zero-order valence-electron chi connectivity index (χ0n) is 12.1. The van der Waals surface area contributed by atoms with Gasteiger partial charge >= 0.3 is 5.97 Å². The summed E-state index contributed by atoms with van der Waals surface area (Å²) >= 11 is 0. The quantitative estimate of drug-likeness (QED) is 0.390. The number of carbonyl (C=O) groups is 1. The summed E-state index contributed by atoms with van der Waals surface area (Å²) in [6.07, 6.45) is 4.41. The highest BCUT2D eigenvalue weighted by atomic mass is 16.5. The Morgan fingerprint density at radius 2 is 2.11 bits per heavy atom. The van der Waals surface area contributed by atoms with Gasteiger partial charge in [0.1, 0.15) is 0 Å². The van der Waals surface area contributed by atoms with Gasteiger partial charge in [-0.25, -0.2) is 4.79 Å². The molecule has 0 spiro atoms. The first kappa shape index (κ1) is 17.1. The fourth-order valence-electron chi connectivity index (χ4n) is 1.96. The third-order valence-corrected chi connectivity index (χ3v) is 2.85. The van der Waals surface area contributed by atoms with Crippen LogP contribution in [0.2, 0.25) is 0 Å². The number of esters is 1. The molecule has 2 unspecified atom stereocenters. The Kier molecular flexibility index (Phi) is 9.60. The molecule has 0 bridgehead atoms. The Labute approximate surface area is 111 Å². The Balaban J connectivity index is 3.83. The molecule has 106 valence electrons. The van der Waals surface area contributed by atoms with E-state index in [1.54, 1.807) is 13.0 Å². The Bertz CT molecular complexity index is 251. The van der Waals surface area contributed by atoms with Crippen molar-refractivity contribution in [1.82, 2.24) is 4.90 Å². The summed E-state index contributed by atoms with van der Waals surface area (Å²) < 4.78 is 5.04. The molecule has 0 aliphatic carbocycles. The molecular weight excluding hydrogens is 230 g/mol. The first-order valence-corrected chi connectivity index (χ1v) is 6.72. The van der Waals surface area contributed by atoms with Crippen LogP contribution >= 0.6 is 0 Å². The molecule has 2 atom stereocenters. The topological polar surface area (TPSA) is 49.8 Å². The van der Waals surface area contributed by atoms with Gasteiger partial charge < -0.3 is 14.7 Å². The van der Waals surface area contributed by atoms with Crippen molar-refractivity contribution in [2.75, 3.05) is 19.7 Å². The standard InChI is InChI=1S/C14H27NO3/c1-5-8-14(17)18-10-7-9-15(6-2)12(3)11-13(4)16/h5,8,12-13,16H,6-7,9-11H2,1-4H3. The first-order chi connectivity index (χ1) is 8.51. The number of ether oxygens (including phenoxy) is 1. The zero-order chi connectivity index (χ0) is 14.0. The number of hydrogen-bond donors (Lipinski definition) is 1. The molecule has 4 heteroatoms. The van der Waals surface area contributed by atoms with Gasteiger partial charge in [0.25, 0.3) is 0 Å². The Hall–Kier alpha value is -0.870. The van der Waals surface area contributed by atoms with Crippen LogP contribution in [0.3, 0.4) is 0 Å². The van der Waals surface area contributed by atoms with Gasteiger partial charge in [0.2, 0.25) is 0 Å². The second-order valence-corrected chi connectivity index (χ2v) is 4.58. The summed E-state index contributed by atoms with van der Waals surface area (Å²) in [6.45, 7) is 10.1. The van der Waals surface area contributed by atoms with Crippen LogP contribution in [0.25, 0.3) is 0 Å². The Morgan fingerprint density at radius 3 is 2.61 bits per heavy atom. The third-order valence-electron chi connectivity index (χ3n) is 2.85. The monoisotopic (exact) mass is 257 g/mol. The highest BCUT2D eigenvalue weighted by molar-refractivity contribution is 5.81.